The van der Waals surface area contributed by atoms with Gasteiger partial charge >= 0.3 is 0 Å². The van der Waals surface area contributed by atoms with Gasteiger partial charge in [0.05, 0.1) is 6.54 Å². The van der Waals surface area contributed by atoms with Crippen LogP contribution in [-0.4, -0.2) is 35.3 Å². The number of nitrogens with zero attached hydrogens (tertiary/aromatic N) is 1. The molecule has 0 aromatic carbocycles. The predicted molar refractivity (Wildman–Crippen MR) is 74.5 cm³/mol. The van der Waals surface area contributed by atoms with E-state index in [9.17, 15) is 9.59 Å². The van der Waals surface area contributed by atoms with E-state index >= 15 is 0 Å². The fourth-order valence-electron chi connectivity index (χ4n) is 3.52. The van der Waals surface area contributed by atoms with Gasteiger partial charge in [0.2, 0.25) is 11.8 Å². The maximum atomic E-state index is 12.6. The maximum Gasteiger partial charge on any atom is 0.245 e. The molecular weight excluding hydrogens is 240 g/mol. The van der Waals surface area contributed by atoms with Gasteiger partial charge in [-0.05, 0) is 30.6 Å². The molecule has 0 bridgehead atoms. The molecule has 2 unspecified atom stereocenters. The van der Waals surface area contributed by atoms with Crippen LogP contribution in [0.1, 0.15) is 53.4 Å². The zero-order valence-electron chi connectivity index (χ0n) is 12.5. The molecule has 4 nitrogen and oxygen atoms in total. The molecule has 1 heterocycles. The summed E-state index contributed by atoms with van der Waals surface area (Å²) < 4.78 is 0. The summed E-state index contributed by atoms with van der Waals surface area (Å²) in [5.41, 5.74) is 0.135. The summed E-state index contributed by atoms with van der Waals surface area (Å²) in [6.45, 7) is 8.82. The molecule has 1 saturated heterocycles. The van der Waals surface area contributed by atoms with Gasteiger partial charge in [0.15, 0.2) is 0 Å². The average molecular weight is 266 g/mol. The number of nitrogens with one attached hydrogen (secondary N) is 1. The molecule has 0 spiro atoms. The summed E-state index contributed by atoms with van der Waals surface area (Å²) in [5.74, 6) is 0.520. The predicted octanol–water partition coefficient (Wildman–Crippen LogP) is 1.94. The maximum absolute atomic E-state index is 12.6. The number of hydrogen-bond donors (Lipinski definition) is 1. The molecule has 2 amide bonds. The Hall–Kier alpha value is -1.06. The van der Waals surface area contributed by atoms with Crippen molar-refractivity contribution >= 4 is 11.8 Å². The molecule has 0 aromatic rings. The van der Waals surface area contributed by atoms with Crippen LogP contribution in [0.4, 0.5) is 0 Å². The highest BCUT2D eigenvalue weighted by atomic mass is 16.2. The molecule has 1 N–H and O–H groups in total. The first-order valence-corrected chi connectivity index (χ1v) is 7.41. The molecular formula is C15H26N2O2. The molecule has 1 aliphatic heterocycles. The Morgan fingerprint density at radius 1 is 1.37 bits per heavy atom. The van der Waals surface area contributed by atoms with Gasteiger partial charge in [-0.1, -0.05) is 34.1 Å². The first-order chi connectivity index (χ1) is 8.81. The zero-order valence-corrected chi connectivity index (χ0v) is 12.5. The van der Waals surface area contributed by atoms with E-state index in [1.54, 1.807) is 0 Å². The van der Waals surface area contributed by atoms with Crippen molar-refractivity contribution in [2.75, 3.05) is 6.54 Å². The molecule has 19 heavy (non-hydrogen) atoms. The van der Waals surface area contributed by atoms with Gasteiger partial charge in [-0.25, -0.2) is 0 Å². The molecule has 0 radical (unpaired) electrons. The van der Waals surface area contributed by atoms with Crippen molar-refractivity contribution in [2.24, 2.45) is 11.3 Å². The highest BCUT2D eigenvalue weighted by molar-refractivity contribution is 5.95. The van der Waals surface area contributed by atoms with E-state index < -0.39 is 0 Å². The second-order valence-corrected chi connectivity index (χ2v) is 7.11. The Bertz CT molecular complexity index is 376. The first-order valence-electron chi connectivity index (χ1n) is 7.41. The normalized spacial score (nSPS) is 30.9. The lowest BCUT2D eigenvalue weighted by Crippen LogP contribution is -2.62. The van der Waals surface area contributed by atoms with Crippen molar-refractivity contribution in [2.45, 2.75) is 65.5 Å². The number of amides is 2. The van der Waals surface area contributed by atoms with Crippen LogP contribution in [0.25, 0.3) is 0 Å². The zero-order chi connectivity index (χ0) is 14.2. The van der Waals surface area contributed by atoms with Crippen LogP contribution in [0.2, 0.25) is 0 Å². The minimum Gasteiger partial charge on any atom is -0.343 e. The second-order valence-electron chi connectivity index (χ2n) is 7.11. The smallest absolute Gasteiger partial charge is 0.245 e. The van der Waals surface area contributed by atoms with Crippen LogP contribution in [0.5, 0.6) is 0 Å². The highest BCUT2D eigenvalue weighted by Gasteiger charge is 2.44. The van der Waals surface area contributed by atoms with E-state index in [1.807, 2.05) is 4.90 Å². The quantitative estimate of drug-likeness (QED) is 0.848. The minimum absolute atomic E-state index is 0.00653. The van der Waals surface area contributed by atoms with Crippen LogP contribution in [0.3, 0.4) is 0 Å². The van der Waals surface area contributed by atoms with Crippen molar-refractivity contribution in [3.63, 3.8) is 0 Å². The van der Waals surface area contributed by atoms with E-state index in [0.29, 0.717) is 5.92 Å². The third-order valence-corrected chi connectivity index (χ3v) is 4.51. The van der Waals surface area contributed by atoms with Crippen LogP contribution in [-0.2, 0) is 9.59 Å². The lowest BCUT2D eigenvalue weighted by Gasteiger charge is -2.42. The van der Waals surface area contributed by atoms with Gasteiger partial charge in [0.1, 0.15) is 6.04 Å². The van der Waals surface area contributed by atoms with Crippen LogP contribution >= 0.6 is 0 Å². The molecule has 1 aliphatic carbocycles. The van der Waals surface area contributed by atoms with Crippen LogP contribution in [0, 0.1) is 11.3 Å². The average Bonchev–Trinajstić information content (AvgIpc) is 2.62. The summed E-state index contributed by atoms with van der Waals surface area (Å²) in [6, 6.07) is -0.0987. The number of carbonyl (C=O) groups is 2. The molecule has 2 rings (SSSR count). The topological polar surface area (TPSA) is 49.4 Å². The molecule has 2 aliphatic rings. The summed E-state index contributed by atoms with van der Waals surface area (Å²) in [7, 11) is 0. The fraction of sp³-hybridized carbons (Fsp3) is 0.867. The third-order valence-electron chi connectivity index (χ3n) is 4.51. The van der Waals surface area contributed by atoms with Crippen molar-refractivity contribution < 1.29 is 9.59 Å². The van der Waals surface area contributed by atoms with Crippen molar-refractivity contribution in [3.8, 4) is 0 Å². The molecule has 1 saturated carbocycles. The van der Waals surface area contributed by atoms with Gasteiger partial charge in [-0.15, -0.1) is 0 Å². The van der Waals surface area contributed by atoms with Crippen LogP contribution in [0.15, 0.2) is 0 Å². The van der Waals surface area contributed by atoms with Crippen molar-refractivity contribution in [1.82, 2.24) is 10.2 Å². The molecule has 0 aromatic heterocycles. The summed E-state index contributed by atoms with van der Waals surface area (Å²) in [4.78, 5) is 26.3. The summed E-state index contributed by atoms with van der Waals surface area (Å²) in [6.07, 6.45) is 4.05. The van der Waals surface area contributed by atoms with Gasteiger partial charge in [-0.2, -0.15) is 0 Å². The van der Waals surface area contributed by atoms with Gasteiger partial charge in [0, 0.05) is 6.04 Å². The Kier molecular flexibility index (Phi) is 3.88. The first kappa shape index (κ1) is 14.4. The summed E-state index contributed by atoms with van der Waals surface area (Å²) in [5, 5.41) is 2.85. The number of rotatable bonds is 3. The van der Waals surface area contributed by atoms with E-state index in [2.05, 4.69) is 33.0 Å². The van der Waals surface area contributed by atoms with Crippen molar-refractivity contribution in [1.29, 1.82) is 0 Å². The SMILES string of the molecule is CC(C)CC1NC(=O)CN(C2CCCC2(C)C)C1=O. The lowest BCUT2D eigenvalue weighted by molar-refractivity contribution is -0.149. The van der Waals surface area contributed by atoms with Gasteiger partial charge in [-0.3, -0.25) is 9.59 Å². The third kappa shape index (κ3) is 2.93. The molecule has 4 heteroatoms. The second kappa shape index (κ2) is 5.14. The van der Waals surface area contributed by atoms with E-state index in [4.69, 9.17) is 0 Å². The van der Waals surface area contributed by atoms with E-state index in [0.717, 1.165) is 25.7 Å². The van der Waals surface area contributed by atoms with Gasteiger partial charge < -0.3 is 10.2 Å². The fourth-order valence-corrected chi connectivity index (χ4v) is 3.52. The Labute approximate surface area is 115 Å². The number of piperazine rings is 1. The summed E-state index contributed by atoms with van der Waals surface area (Å²) >= 11 is 0. The molecule has 108 valence electrons. The Morgan fingerprint density at radius 2 is 2.05 bits per heavy atom. The standard InChI is InChI=1S/C15H26N2O2/c1-10(2)8-11-14(19)17(9-13(18)16-11)12-6-5-7-15(12,3)4/h10-12H,5-9H2,1-4H3,(H,16,18). The highest BCUT2D eigenvalue weighted by Crippen LogP contribution is 2.41. The Morgan fingerprint density at radius 3 is 2.58 bits per heavy atom. The largest absolute Gasteiger partial charge is 0.343 e. The van der Waals surface area contributed by atoms with E-state index in [1.165, 1.54) is 0 Å². The number of hydrogen-bond acceptors (Lipinski definition) is 2. The monoisotopic (exact) mass is 266 g/mol. The Balaban J connectivity index is 2.15. The van der Waals surface area contributed by atoms with E-state index in [-0.39, 0.29) is 35.9 Å². The lowest BCUT2D eigenvalue weighted by atomic mass is 9.85. The number of carbonyl (C=O) groups excluding carboxylic acids is 2. The van der Waals surface area contributed by atoms with Crippen LogP contribution < -0.4 is 5.32 Å². The molecule has 2 atom stereocenters. The van der Waals surface area contributed by atoms with Gasteiger partial charge in [0.25, 0.3) is 0 Å². The molecule has 2 fully saturated rings. The minimum atomic E-state index is -0.322. The van der Waals surface area contributed by atoms with Crippen molar-refractivity contribution in [3.05, 3.63) is 0 Å².